The largest absolute Gasteiger partial charge is 0.375 e. The van der Waals surface area contributed by atoms with Crippen molar-refractivity contribution in [1.82, 2.24) is 41.2 Å². The number of nitrogens with zero attached hydrogens (tertiary/aromatic N) is 2. The molecule has 13 rings (SSSR count). The average molecular weight is 1380 g/mol. The predicted molar refractivity (Wildman–Crippen MR) is 413 cm³/mol. The minimum atomic E-state index is -0.441. The van der Waals surface area contributed by atoms with Crippen LogP contribution in [0.25, 0.3) is 90.9 Å². The van der Waals surface area contributed by atoms with Gasteiger partial charge in [-0.2, -0.15) is 0 Å². The number of aromatic amines is 2. The SMILES string of the molecule is O=C(NCCOCc1ccccc1)Nc1ccccc1-c1c2nc(c(-c3ccccc3NC(=O)NCCOCc3ccccc3)c3ccc([nH]3)c(-c3ccccc3NC(=O)NCCOCc3ccccc3)c3nc(c(-c4ccccc4NC(=O)NCCOCc4ccccc4)c4ccc1[nH]4)C=C3)C=C2. The zero-order valence-electron chi connectivity index (χ0n) is 57.0. The normalized spacial score (nSPS) is 11.4. The van der Waals surface area contributed by atoms with E-state index in [-0.39, 0.29) is 52.6 Å². The second kappa shape index (κ2) is 35.1. The minimum Gasteiger partial charge on any atom is -0.375 e. The lowest BCUT2D eigenvalue weighted by Gasteiger charge is -2.15. The smallest absolute Gasteiger partial charge is 0.319 e. The van der Waals surface area contributed by atoms with Crippen LogP contribution < -0.4 is 42.5 Å². The van der Waals surface area contributed by atoms with Gasteiger partial charge in [0.25, 0.3) is 0 Å². The highest BCUT2D eigenvalue weighted by Crippen LogP contribution is 2.43. The van der Waals surface area contributed by atoms with Gasteiger partial charge in [-0.15, -0.1) is 0 Å². The number of para-hydroxylation sites is 4. The van der Waals surface area contributed by atoms with Gasteiger partial charge in [0.2, 0.25) is 0 Å². The number of benzene rings is 8. The fourth-order valence-electron chi connectivity index (χ4n) is 12.2. The van der Waals surface area contributed by atoms with Crippen LogP contribution in [-0.4, -0.2) is 96.7 Å². The number of hydrogen-bond acceptors (Lipinski definition) is 10. The van der Waals surface area contributed by atoms with E-state index in [9.17, 15) is 19.2 Å². The first-order valence-corrected chi connectivity index (χ1v) is 34.4. The van der Waals surface area contributed by atoms with Crippen LogP contribution >= 0.6 is 0 Å². The molecule has 0 saturated carbocycles. The molecule has 20 nitrogen and oxygen atoms in total. The predicted octanol–water partition coefficient (Wildman–Crippen LogP) is 16.7. The van der Waals surface area contributed by atoms with Crippen LogP contribution in [0.1, 0.15) is 45.0 Å². The molecule has 0 radical (unpaired) electrons. The number of nitrogens with one attached hydrogen (secondary N) is 10. The highest BCUT2D eigenvalue weighted by Gasteiger charge is 2.24. The molecule has 0 saturated heterocycles. The van der Waals surface area contributed by atoms with Gasteiger partial charge in [-0.1, -0.05) is 194 Å². The molecule has 10 N–H and O–H groups in total. The molecule has 2 aliphatic heterocycles. The van der Waals surface area contributed by atoms with Crippen LogP contribution in [0, 0.1) is 0 Å². The Morgan fingerprint density at radius 1 is 0.269 bits per heavy atom. The zero-order chi connectivity index (χ0) is 71.1. The van der Waals surface area contributed by atoms with Crippen LogP contribution in [0.4, 0.5) is 41.9 Å². The summed E-state index contributed by atoms with van der Waals surface area (Å²) in [6.07, 6.45) is 7.75. The van der Waals surface area contributed by atoms with Crippen molar-refractivity contribution < 1.29 is 38.1 Å². The maximum Gasteiger partial charge on any atom is 0.319 e. The lowest BCUT2D eigenvalue weighted by atomic mass is 10.0. The molecule has 522 valence electrons. The van der Waals surface area contributed by atoms with E-state index >= 15 is 0 Å². The van der Waals surface area contributed by atoms with Crippen LogP contribution in [0.5, 0.6) is 0 Å². The highest BCUT2D eigenvalue weighted by atomic mass is 16.5. The summed E-state index contributed by atoms with van der Waals surface area (Å²) < 4.78 is 23.7. The van der Waals surface area contributed by atoms with Gasteiger partial charge in [0.05, 0.1) is 98.4 Å². The summed E-state index contributed by atoms with van der Waals surface area (Å²) >= 11 is 0. The lowest BCUT2D eigenvalue weighted by Crippen LogP contribution is -2.31. The molecule has 104 heavy (non-hydrogen) atoms. The van der Waals surface area contributed by atoms with E-state index in [1.54, 1.807) is 0 Å². The van der Waals surface area contributed by atoms with E-state index in [0.29, 0.717) is 139 Å². The molecule has 8 bridgehead atoms. The van der Waals surface area contributed by atoms with Gasteiger partial charge < -0.3 is 71.4 Å². The standard InChI is InChI=1S/C84H78N12O8/c97-81(85-45-49-101-53-57-21-5-1-6-22-57)93-65-33-17-13-29-61(65)77-69-37-39-71(89-69)78(62-30-14-18-34-66(62)94-82(98)86-46-50-102-54-58-23-7-2-8-24-58)73-41-43-75(91-73)80(64-32-16-20-36-68(64)96-84(100)88-48-52-104-56-60-27-11-4-12-28-60)76-44-42-74(92-76)79(72-40-38-70(77)90-72)63-31-15-19-35-67(63)95-83(99)87-47-51-103-55-59-25-9-3-10-26-59/h1-44,89,92H,45-56H2,(H2,85,93,97)(H2,86,94,98)(H2,87,95,99)(H2,88,96,100). The number of urea groups is 4. The van der Waals surface area contributed by atoms with Crippen LogP contribution in [0.2, 0.25) is 0 Å². The van der Waals surface area contributed by atoms with Gasteiger partial charge in [0, 0.05) is 92.8 Å². The first kappa shape index (κ1) is 69.7. The molecule has 11 aromatic rings. The van der Waals surface area contributed by atoms with Crippen molar-refractivity contribution in [3.05, 3.63) is 288 Å². The second-order valence-electron chi connectivity index (χ2n) is 24.4. The Kier molecular flexibility index (Phi) is 23.5. The van der Waals surface area contributed by atoms with Crippen LogP contribution in [0.15, 0.2) is 243 Å². The Bertz CT molecular complexity index is 4430. The van der Waals surface area contributed by atoms with Gasteiger partial charge in [-0.25, -0.2) is 29.1 Å². The molecule has 8 aromatic carbocycles. The van der Waals surface area contributed by atoms with Crippen molar-refractivity contribution in [1.29, 1.82) is 0 Å². The van der Waals surface area contributed by atoms with Crippen molar-refractivity contribution in [2.75, 3.05) is 73.9 Å². The van der Waals surface area contributed by atoms with E-state index in [0.717, 1.165) is 22.3 Å². The fourth-order valence-corrected chi connectivity index (χ4v) is 12.2. The summed E-state index contributed by atoms with van der Waals surface area (Å²) in [4.78, 5) is 74.8. The van der Waals surface area contributed by atoms with Crippen molar-refractivity contribution in [2.24, 2.45) is 0 Å². The minimum absolute atomic E-state index is 0.245. The molecule has 0 fully saturated rings. The number of carbonyl (C=O) groups is 4. The number of anilines is 4. The zero-order valence-corrected chi connectivity index (χ0v) is 57.0. The quantitative estimate of drug-likeness (QED) is 0.0207. The number of hydrogen-bond donors (Lipinski definition) is 10. The highest BCUT2D eigenvalue weighted by molar-refractivity contribution is 6.07. The number of ether oxygens (including phenoxy) is 4. The summed E-state index contributed by atoms with van der Waals surface area (Å²) in [6, 6.07) is 75.6. The molecule has 2 aliphatic rings. The molecule has 3 aromatic heterocycles. The third-order valence-electron chi connectivity index (χ3n) is 17.1. The van der Waals surface area contributed by atoms with E-state index in [1.807, 2.05) is 267 Å². The van der Waals surface area contributed by atoms with E-state index in [1.165, 1.54) is 0 Å². The molecule has 8 amide bonds. The van der Waals surface area contributed by atoms with E-state index < -0.39 is 24.1 Å². The molecule has 5 heterocycles. The molecule has 0 unspecified atom stereocenters. The van der Waals surface area contributed by atoms with Crippen molar-refractivity contribution in [3.63, 3.8) is 0 Å². The van der Waals surface area contributed by atoms with Crippen LogP contribution in [0.3, 0.4) is 0 Å². The van der Waals surface area contributed by atoms with Gasteiger partial charge in [0.1, 0.15) is 0 Å². The summed E-state index contributed by atoms with van der Waals surface area (Å²) in [5.41, 5.74) is 15.7. The third-order valence-corrected chi connectivity index (χ3v) is 17.1. The summed E-state index contributed by atoms with van der Waals surface area (Å²) in [5.74, 6) is 0. The molecular weight excluding hydrogens is 1300 g/mol. The number of carbonyl (C=O) groups excluding carboxylic acids is 4. The number of rotatable bonds is 28. The average Bonchev–Trinajstić information content (AvgIpc) is 1.60. The van der Waals surface area contributed by atoms with Gasteiger partial charge in [-0.3, -0.25) is 0 Å². The number of aromatic nitrogens is 4. The summed E-state index contributed by atoms with van der Waals surface area (Å²) in [5, 5.41) is 24.4. The van der Waals surface area contributed by atoms with E-state index in [4.69, 9.17) is 28.9 Å². The molecule has 0 spiro atoms. The van der Waals surface area contributed by atoms with Gasteiger partial charge in [0.15, 0.2) is 0 Å². The number of amides is 8. The Balaban J connectivity index is 0.941. The first-order chi connectivity index (χ1) is 51.2. The summed E-state index contributed by atoms with van der Waals surface area (Å²) in [6.45, 7) is 3.70. The topological polar surface area (TPSA) is 259 Å². The Morgan fingerprint density at radius 2 is 0.481 bits per heavy atom. The number of H-pyrrole nitrogens is 2. The lowest BCUT2D eigenvalue weighted by molar-refractivity contribution is 0.124. The second-order valence-corrected chi connectivity index (χ2v) is 24.4. The van der Waals surface area contributed by atoms with Gasteiger partial charge >= 0.3 is 24.1 Å². The fraction of sp³-hybridized carbons (Fsp3) is 0.143. The first-order valence-electron chi connectivity index (χ1n) is 34.4. The van der Waals surface area contributed by atoms with Crippen LogP contribution in [-0.2, 0) is 45.4 Å². The Morgan fingerprint density at radius 3 is 0.712 bits per heavy atom. The van der Waals surface area contributed by atoms with Crippen molar-refractivity contribution in [2.45, 2.75) is 26.4 Å². The Hall–Kier alpha value is -12.7. The molecule has 0 aliphatic carbocycles. The molecule has 0 atom stereocenters. The third kappa shape index (κ3) is 18.2. The maximum atomic E-state index is 14.0. The number of fused-ring (bicyclic) bond motifs is 8. The van der Waals surface area contributed by atoms with Gasteiger partial charge in [-0.05, 0) is 95.1 Å². The Labute approximate surface area is 602 Å². The maximum absolute atomic E-state index is 14.0. The van der Waals surface area contributed by atoms with Crippen molar-refractivity contribution in [3.8, 4) is 44.5 Å². The van der Waals surface area contributed by atoms with E-state index in [2.05, 4.69) is 52.5 Å². The monoisotopic (exact) mass is 1380 g/mol. The van der Waals surface area contributed by atoms with Crippen molar-refractivity contribution >= 4 is 93.2 Å². The summed E-state index contributed by atoms with van der Waals surface area (Å²) in [7, 11) is 0. The molecular formula is C84H78N12O8. The molecule has 20 heteroatoms.